The van der Waals surface area contributed by atoms with Crippen LogP contribution in [0.4, 0.5) is 27.5 Å². The Bertz CT molecular complexity index is 1650. The average Bonchev–Trinajstić information content (AvgIpc) is 3.50. The number of likely N-dealkylation sites (N-methyl/N-ethyl adjacent to an activating group) is 1. The lowest BCUT2D eigenvalue weighted by atomic mass is 9.90. The van der Waals surface area contributed by atoms with Gasteiger partial charge in [-0.2, -0.15) is 9.97 Å². The molecule has 2 aromatic heterocycles. The second-order valence-corrected chi connectivity index (χ2v) is 12.6. The quantitative estimate of drug-likeness (QED) is 0.166. The Balaban J connectivity index is 1.24. The van der Waals surface area contributed by atoms with Crippen LogP contribution in [0.1, 0.15) is 62.4 Å². The van der Waals surface area contributed by atoms with E-state index in [1.807, 2.05) is 26.0 Å². The van der Waals surface area contributed by atoms with Gasteiger partial charge in [0.15, 0.2) is 5.78 Å². The van der Waals surface area contributed by atoms with E-state index in [0.717, 1.165) is 64.1 Å². The van der Waals surface area contributed by atoms with E-state index in [4.69, 9.17) is 9.97 Å². The number of H-pyrrole nitrogens is 1. The molecule has 0 radical (unpaired) electrons. The van der Waals surface area contributed by atoms with Gasteiger partial charge in [0.25, 0.3) is 0 Å². The monoisotopic (exact) mass is 626 g/mol. The molecular weight excluding hydrogens is 583 g/mol. The molecule has 0 atom stereocenters. The summed E-state index contributed by atoms with van der Waals surface area (Å²) in [6.07, 6.45) is 5.03. The zero-order chi connectivity index (χ0) is 32.2. The SMILES string of the molecule is CCN1CCN(c2ccc(Nc3nc(NC4CCC(NC(=O)C(C)C)CC4)c4c(C(=O)c5ccc(F)cc5)c[nH]c4n3)cc2)CC1. The summed E-state index contributed by atoms with van der Waals surface area (Å²) in [6.45, 7) is 11.2. The standard InChI is InChI=1S/C35H43FN8O2/c1-4-43-17-19-44(20-18-43)28-15-13-27(14-16-28)40-35-41-32-30(29(21-37-32)31(45)23-5-7-24(36)8-6-23)33(42-35)38-25-9-11-26(12-10-25)39-34(46)22(2)3/h5-8,13-16,21-22,25-26H,4,9-12,17-20H2,1-3H3,(H,39,46)(H3,37,38,40,41,42). The van der Waals surface area contributed by atoms with Crippen molar-refractivity contribution < 1.29 is 14.0 Å². The molecule has 10 nitrogen and oxygen atoms in total. The lowest BCUT2D eigenvalue weighted by Gasteiger charge is -2.35. The largest absolute Gasteiger partial charge is 0.369 e. The second kappa shape index (κ2) is 13.9. The normalized spacial score (nSPS) is 18.9. The number of piperazine rings is 1. The Morgan fingerprint density at radius 3 is 2.26 bits per heavy atom. The highest BCUT2D eigenvalue weighted by Crippen LogP contribution is 2.31. The Morgan fingerprint density at radius 2 is 1.61 bits per heavy atom. The number of aromatic amines is 1. The number of carbonyl (C=O) groups is 2. The van der Waals surface area contributed by atoms with Crippen molar-refractivity contribution >= 4 is 45.9 Å². The molecule has 1 saturated heterocycles. The number of carbonyl (C=O) groups excluding carboxylic acids is 2. The smallest absolute Gasteiger partial charge is 0.231 e. The van der Waals surface area contributed by atoms with Gasteiger partial charge in [0.2, 0.25) is 11.9 Å². The average molecular weight is 627 g/mol. The van der Waals surface area contributed by atoms with Crippen LogP contribution in [0.2, 0.25) is 0 Å². The number of nitrogens with zero attached hydrogens (tertiary/aromatic N) is 4. The number of nitrogens with one attached hydrogen (secondary N) is 4. The molecule has 1 aliphatic heterocycles. The number of halogens is 1. The van der Waals surface area contributed by atoms with Gasteiger partial charge in [0, 0.05) is 67.3 Å². The molecular formula is C35H43FN8O2. The van der Waals surface area contributed by atoms with Gasteiger partial charge in [-0.3, -0.25) is 9.59 Å². The van der Waals surface area contributed by atoms with Crippen molar-refractivity contribution in [1.29, 1.82) is 0 Å². The zero-order valence-corrected chi connectivity index (χ0v) is 26.8. The number of benzene rings is 2. The van der Waals surface area contributed by atoms with Gasteiger partial charge in [-0.25, -0.2) is 4.39 Å². The molecule has 4 N–H and O–H groups in total. The summed E-state index contributed by atoms with van der Waals surface area (Å²) in [5.74, 6) is 0.347. The van der Waals surface area contributed by atoms with Crippen molar-refractivity contribution in [2.75, 3.05) is 48.3 Å². The first-order valence-electron chi connectivity index (χ1n) is 16.4. The second-order valence-electron chi connectivity index (χ2n) is 12.6. The molecule has 46 heavy (non-hydrogen) atoms. The molecule has 0 bridgehead atoms. The van der Waals surface area contributed by atoms with Crippen LogP contribution in [0, 0.1) is 11.7 Å². The zero-order valence-electron chi connectivity index (χ0n) is 26.8. The van der Waals surface area contributed by atoms with E-state index < -0.39 is 5.82 Å². The molecule has 6 rings (SSSR count). The Hall–Kier alpha value is -4.51. The van der Waals surface area contributed by atoms with Crippen molar-refractivity contribution in [3.05, 3.63) is 71.7 Å². The molecule has 242 valence electrons. The van der Waals surface area contributed by atoms with Crippen LogP contribution in [0.5, 0.6) is 0 Å². The predicted octanol–water partition coefficient (Wildman–Crippen LogP) is 5.71. The molecule has 11 heteroatoms. The van der Waals surface area contributed by atoms with E-state index in [2.05, 4.69) is 49.8 Å². The number of rotatable bonds is 10. The summed E-state index contributed by atoms with van der Waals surface area (Å²) in [6, 6.07) is 14.1. The Kier molecular flexibility index (Phi) is 9.48. The highest BCUT2D eigenvalue weighted by atomic mass is 19.1. The molecule has 1 aliphatic carbocycles. The fourth-order valence-corrected chi connectivity index (χ4v) is 6.28. The lowest BCUT2D eigenvalue weighted by molar-refractivity contribution is -0.124. The van der Waals surface area contributed by atoms with Crippen molar-refractivity contribution in [1.82, 2.24) is 25.2 Å². The molecule has 4 aromatic rings. The first kappa shape index (κ1) is 31.5. The topological polar surface area (TPSA) is 118 Å². The van der Waals surface area contributed by atoms with E-state index in [-0.39, 0.29) is 29.7 Å². The highest BCUT2D eigenvalue weighted by Gasteiger charge is 2.26. The van der Waals surface area contributed by atoms with Gasteiger partial charge in [0.05, 0.1) is 10.9 Å². The van der Waals surface area contributed by atoms with Crippen LogP contribution in [-0.4, -0.2) is 76.3 Å². The van der Waals surface area contributed by atoms with Gasteiger partial charge in [-0.1, -0.05) is 20.8 Å². The van der Waals surface area contributed by atoms with Crippen LogP contribution in [0.25, 0.3) is 11.0 Å². The van der Waals surface area contributed by atoms with Gasteiger partial charge >= 0.3 is 0 Å². The summed E-state index contributed by atoms with van der Waals surface area (Å²) in [4.78, 5) is 43.4. The van der Waals surface area contributed by atoms with E-state index in [1.54, 1.807) is 6.20 Å². The highest BCUT2D eigenvalue weighted by molar-refractivity contribution is 6.18. The first-order chi connectivity index (χ1) is 22.3. The van der Waals surface area contributed by atoms with Gasteiger partial charge in [0.1, 0.15) is 17.3 Å². The van der Waals surface area contributed by atoms with Gasteiger partial charge < -0.3 is 30.7 Å². The van der Waals surface area contributed by atoms with Crippen LogP contribution in [0.3, 0.4) is 0 Å². The molecule has 2 aromatic carbocycles. The minimum atomic E-state index is -0.399. The van der Waals surface area contributed by atoms with Crippen molar-refractivity contribution in [3.8, 4) is 0 Å². The third kappa shape index (κ3) is 7.14. The van der Waals surface area contributed by atoms with Crippen LogP contribution in [0.15, 0.2) is 54.7 Å². The fourth-order valence-electron chi connectivity index (χ4n) is 6.28. The number of hydrogen-bond donors (Lipinski definition) is 4. The van der Waals surface area contributed by atoms with Crippen molar-refractivity contribution in [2.24, 2.45) is 5.92 Å². The van der Waals surface area contributed by atoms with E-state index in [1.165, 1.54) is 30.0 Å². The molecule has 1 amide bonds. The molecule has 1 saturated carbocycles. The molecule has 3 heterocycles. The maximum atomic E-state index is 13.6. The summed E-state index contributed by atoms with van der Waals surface area (Å²) in [5, 5.41) is 10.7. The maximum Gasteiger partial charge on any atom is 0.231 e. The lowest BCUT2D eigenvalue weighted by Crippen LogP contribution is -2.46. The van der Waals surface area contributed by atoms with E-state index >= 15 is 0 Å². The maximum absolute atomic E-state index is 13.6. The minimum Gasteiger partial charge on any atom is -0.369 e. The molecule has 0 unspecified atom stereocenters. The molecule has 0 spiro atoms. The summed E-state index contributed by atoms with van der Waals surface area (Å²) < 4.78 is 13.6. The number of hydrogen-bond acceptors (Lipinski definition) is 8. The first-order valence-corrected chi connectivity index (χ1v) is 16.4. The van der Waals surface area contributed by atoms with Crippen LogP contribution < -0.4 is 20.9 Å². The number of aromatic nitrogens is 3. The third-order valence-corrected chi connectivity index (χ3v) is 9.13. The number of ketones is 1. The van der Waals surface area contributed by atoms with Crippen LogP contribution >= 0.6 is 0 Å². The summed E-state index contributed by atoms with van der Waals surface area (Å²) >= 11 is 0. The number of fused-ring (bicyclic) bond motifs is 1. The van der Waals surface area contributed by atoms with E-state index in [0.29, 0.717) is 33.9 Å². The van der Waals surface area contributed by atoms with Crippen molar-refractivity contribution in [2.45, 2.75) is 58.5 Å². The number of anilines is 4. The Morgan fingerprint density at radius 1 is 0.935 bits per heavy atom. The predicted molar refractivity (Wildman–Crippen MR) is 180 cm³/mol. The fraction of sp³-hybridized carbons (Fsp3) is 0.429. The van der Waals surface area contributed by atoms with Crippen molar-refractivity contribution in [3.63, 3.8) is 0 Å². The minimum absolute atomic E-state index is 0.0468. The summed E-state index contributed by atoms with van der Waals surface area (Å²) in [5.41, 5.74) is 3.37. The summed E-state index contributed by atoms with van der Waals surface area (Å²) in [7, 11) is 0. The molecule has 2 fully saturated rings. The van der Waals surface area contributed by atoms with Gasteiger partial charge in [-0.05, 0) is 80.8 Å². The van der Waals surface area contributed by atoms with Crippen LogP contribution in [-0.2, 0) is 4.79 Å². The van der Waals surface area contributed by atoms with E-state index in [9.17, 15) is 14.0 Å². The Labute approximate surface area is 269 Å². The third-order valence-electron chi connectivity index (χ3n) is 9.13. The molecule has 2 aliphatic rings. The van der Waals surface area contributed by atoms with Gasteiger partial charge in [-0.15, -0.1) is 0 Å². The number of amides is 1.